The number of benzene rings is 2. The van der Waals surface area contributed by atoms with Crippen molar-refractivity contribution < 1.29 is 19.0 Å². The third-order valence-corrected chi connectivity index (χ3v) is 2.96. The first-order valence-electron chi connectivity index (χ1n) is 6.22. The molecule has 0 bridgehead atoms. The van der Waals surface area contributed by atoms with Crippen LogP contribution in [0.25, 0.3) is 0 Å². The minimum Gasteiger partial charge on any atom is -0.491 e. The van der Waals surface area contributed by atoms with Gasteiger partial charge in [-0.3, -0.25) is 0 Å². The Labute approximate surface area is 126 Å². The highest BCUT2D eigenvalue weighted by Gasteiger charge is 2.09. The SMILES string of the molecule is O=C(O)c1ccccc1OCCNc1ccc(Cl)cc1F. The summed E-state index contributed by atoms with van der Waals surface area (Å²) < 4.78 is 18.9. The Balaban J connectivity index is 1.89. The largest absolute Gasteiger partial charge is 0.491 e. The molecule has 2 N–H and O–H groups in total. The maximum atomic E-state index is 13.5. The van der Waals surface area contributed by atoms with Gasteiger partial charge < -0.3 is 15.2 Å². The average molecular weight is 310 g/mol. The van der Waals surface area contributed by atoms with E-state index >= 15 is 0 Å². The number of carboxylic acids is 1. The van der Waals surface area contributed by atoms with Crippen molar-refractivity contribution in [2.45, 2.75) is 0 Å². The lowest BCUT2D eigenvalue weighted by molar-refractivity contribution is 0.0692. The molecule has 0 aliphatic carbocycles. The highest BCUT2D eigenvalue weighted by Crippen LogP contribution is 2.19. The molecule has 0 radical (unpaired) electrons. The molecule has 0 spiro atoms. The number of carboxylic acid groups (broad SMARTS) is 1. The molecule has 0 aliphatic heterocycles. The fraction of sp³-hybridized carbons (Fsp3) is 0.133. The number of nitrogens with one attached hydrogen (secondary N) is 1. The average Bonchev–Trinajstić information content (AvgIpc) is 2.45. The molecule has 0 atom stereocenters. The standard InChI is InChI=1S/C15H13ClFNO3/c16-10-5-6-13(12(17)9-10)18-7-8-21-14-4-2-1-3-11(14)15(19)20/h1-6,9,18H,7-8H2,(H,19,20). The fourth-order valence-electron chi connectivity index (χ4n) is 1.75. The van der Waals surface area contributed by atoms with Crippen LogP contribution in [-0.2, 0) is 0 Å². The number of halogens is 2. The van der Waals surface area contributed by atoms with Gasteiger partial charge in [0.1, 0.15) is 23.7 Å². The molecule has 0 fully saturated rings. The molecule has 0 aliphatic rings. The van der Waals surface area contributed by atoms with Crippen molar-refractivity contribution >= 4 is 23.3 Å². The maximum Gasteiger partial charge on any atom is 0.339 e. The van der Waals surface area contributed by atoms with Crippen molar-refractivity contribution in [2.24, 2.45) is 0 Å². The summed E-state index contributed by atoms with van der Waals surface area (Å²) in [7, 11) is 0. The van der Waals surface area contributed by atoms with Crippen molar-refractivity contribution in [3.8, 4) is 5.75 Å². The Bertz CT molecular complexity index is 649. The van der Waals surface area contributed by atoms with Crippen LogP contribution in [0, 0.1) is 5.82 Å². The number of hydrogen-bond donors (Lipinski definition) is 2. The minimum atomic E-state index is -1.05. The summed E-state index contributed by atoms with van der Waals surface area (Å²) in [4.78, 5) is 11.0. The van der Waals surface area contributed by atoms with Gasteiger partial charge in [-0.25, -0.2) is 9.18 Å². The van der Waals surface area contributed by atoms with Gasteiger partial charge in [-0.2, -0.15) is 0 Å². The summed E-state index contributed by atoms with van der Waals surface area (Å²) in [5.74, 6) is -1.22. The molecule has 2 aromatic carbocycles. The number of para-hydroxylation sites is 1. The van der Waals surface area contributed by atoms with Gasteiger partial charge in [0.2, 0.25) is 0 Å². The summed E-state index contributed by atoms with van der Waals surface area (Å²) in [5, 5.41) is 12.2. The zero-order valence-electron chi connectivity index (χ0n) is 11.0. The van der Waals surface area contributed by atoms with E-state index in [-0.39, 0.29) is 17.9 Å². The lowest BCUT2D eigenvalue weighted by Gasteiger charge is -2.11. The van der Waals surface area contributed by atoms with Gasteiger partial charge in [0, 0.05) is 11.6 Å². The van der Waals surface area contributed by atoms with Crippen LogP contribution in [0.15, 0.2) is 42.5 Å². The van der Waals surface area contributed by atoms with E-state index in [1.807, 2.05) is 0 Å². The predicted molar refractivity (Wildman–Crippen MR) is 78.8 cm³/mol. The number of carbonyl (C=O) groups is 1. The van der Waals surface area contributed by atoms with E-state index < -0.39 is 11.8 Å². The molecule has 2 aromatic rings. The normalized spacial score (nSPS) is 10.2. The smallest absolute Gasteiger partial charge is 0.339 e. The van der Waals surface area contributed by atoms with Crippen LogP contribution in [0.1, 0.15) is 10.4 Å². The summed E-state index contributed by atoms with van der Waals surface area (Å²) in [5.41, 5.74) is 0.407. The Morgan fingerprint density at radius 3 is 2.76 bits per heavy atom. The quantitative estimate of drug-likeness (QED) is 0.799. The third-order valence-electron chi connectivity index (χ3n) is 2.72. The Hall–Kier alpha value is -2.27. The Kier molecular flexibility index (Phi) is 5.00. The lowest BCUT2D eigenvalue weighted by Crippen LogP contribution is -2.13. The molecule has 21 heavy (non-hydrogen) atoms. The first-order valence-corrected chi connectivity index (χ1v) is 6.60. The van der Waals surface area contributed by atoms with Crippen molar-refractivity contribution in [3.05, 3.63) is 58.9 Å². The van der Waals surface area contributed by atoms with Crippen molar-refractivity contribution in [1.82, 2.24) is 0 Å². The van der Waals surface area contributed by atoms with Gasteiger partial charge in [-0.05, 0) is 30.3 Å². The predicted octanol–water partition coefficient (Wildman–Crippen LogP) is 3.67. The molecule has 0 aromatic heterocycles. The van der Waals surface area contributed by atoms with E-state index in [1.165, 1.54) is 18.2 Å². The van der Waals surface area contributed by atoms with Gasteiger partial charge in [0.25, 0.3) is 0 Å². The third kappa shape index (κ3) is 4.10. The van der Waals surface area contributed by atoms with Crippen LogP contribution < -0.4 is 10.1 Å². The van der Waals surface area contributed by atoms with E-state index in [2.05, 4.69) is 5.32 Å². The van der Waals surface area contributed by atoms with Gasteiger partial charge in [0.05, 0.1) is 5.69 Å². The number of aromatic carboxylic acids is 1. The summed E-state index contributed by atoms with van der Waals surface area (Å²) in [6.45, 7) is 0.527. The number of anilines is 1. The number of rotatable bonds is 6. The summed E-state index contributed by atoms with van der Waals surface area (Å²) in [6.07, 6.45) is 0. The molecular weight excluding hydrogens is 297 g/mol. The molecule has 4 nitrogen and oxygen atoms in total. The second kappa shape index (κ2) is 6.95. The molecule has 0 saturated heterocycles. The zero-order valence-corrected chi connectivity index (χ0v) is 11.7. The van der Waals surface area contributed by atoms with Gasteiger partial charge >= 0.3 is 5.97 Å². The monoisotopic (exact) mass is 309 g/mol. The van der Waals surface area contributed by atoms with Crippen LogP contribution in [-0.4, -0.2) is 24.2 Å². The summed E-state index contributed by atoms with van der Waals surface area (Å²) in [6, 6.07) is 10.7. The van der Waals surface area contributed by atoms with E-state index in [4.69, 9.17) is 21.4 Å². The van der Waals surface area contributed by atoms with Crippen molar-refractivity contribution in [2.75, 3.05) is 18.5 Å². The minimum absolute atomic E-state index is 0.0928. The Morgan fingerprint density at radius 1 is 1.29 bits per heavy atom. The molecular formula is C15H13ClFNO3. The number of ether oxygens (including phenoxy) is 1. The molecule has 0 heterocycles. The van der Waals surface area contributed by atoms with Crippen LogP contribution in [0.5, 0.6) is 5.75 Å². The van der Waals surface area contributed by atoms with E-state index in [1.54, 1.807) is 24.3 Å². The lowest BCUT2D eigenvalue weighted by atomic mass is 10.2. The van der Waals surface area contributed by atoms with Crippen molar-refractivity contribution in [1.29, 1.82) is 0 Å². The molecule has 6 heteroatoms. The Morgan fingerprint density at radius 2 is 2.05 bits per heavy atom. The molecule has 0 amide bonds. The van der Waals surface area contributed by atoms with E-state index in [0.717, 1.165) is 0 Å². The molecule has 0 saturated carbocycles. The van der Waals surface area contributed by atoms with Crippen LogP contribution in [0.3, 0.4) is 0 Å². The second-order valence-electron chi connectivity index (χ2n) is 4.20. The highest BCUT2D eigenvalue weighted by atomic mass is 35.5. The number of hydrogen-bond acceptors (Lipinski definition) is 3. The fourth-order valence-corrected chi connectivity index (χ4v) is 1.91. The second-order valence-corrected chi connectivity index (χ2v) is 4.64. The summed E-state index contributed by atoms with van der Waals surface area (Å²) >= 11 is 5.66. The van der Waals surface area contributed by atoms with Crippen LogP contribution >= 0.6 is 11.6 Å². The molecule has 2 rings (SSSR count). The van der Waals surface area contributed by atoms with Crippen LogP contribution in [0.4, 0.5) is 10.1 Å². The first-order chi connectivity index (χ1) is 10.1. The van der Waals surface area contributed by atoms with E-state index in [0.29, 0.717) is 17.3 Å². The maximum absolute atomic E-state index is 13.5. The van der Waals surface area contributed by atoms with Gasteiger partial charge in [0.15, 0.2) is 0 Å². The first kappa shape index (κ1) is 15.1. The van der Waals surface area contributed by atoms with Crippen molar-refractivity contribution in [3.63, 3.8) is 0 Å². The molecule has 110 valence electrons. The van der Waals surface area contributed by atoms with Gasteiger partial charge in [-0.15, -0.1) is 0 Å². The zero-order chi connectivity index (χ0) is 15.2. The van der Waals surface area contributed by atoms with Gasteiger partial charge in [-0.1, -0.05) is 23.7 Å². The molecule has 0 unspecified atom stereocenters. The van der Waals surface area contributed by atoms with Crippen LogP contribution in [0.2, 0.25) is 5.02 Å². The topological polar surface area (TPSA) is 58.6 Å². The highest BCUT2D eigenvalue weighted by molar-refractivity contribution is 6.30. The van der Waals surface area contributed by atoms with E-state index in [9.17, 15) is 9.18 Å².